The van der Waals surface area contributed by atoms with Crippen molar-refractivity contribution in [3.63, 3.8) is 0 Å². The van der Waals surface area contributed by atoms with E-state index >= 15 is 0 Å². The molecule has 0 spiro atoms. The maximum atomic E-state index is 12.7. The molecule has 19 heavy (non-hydrogen) atoms. The molecule has 4 heteroatoms. The van der Waals surface area contributed by atoms with Crippen LogP contribution in [-0.4, -0.2) is 30.9 Å². The number of nitrogens with zero attached hydrogens (tertiary/aromatic N) is 1. The molecule has 1 aliphatic rings. The van der Waals surface area contributed by atoms with Gasteiger partial charge in [0.2, 0.25) is 0 Å². The Morgan fingerprint density at radius 3 is 2.53 bits per heavy atom. The van der Waals surface area contributed by atoms with Gasteiger partial charge in [0.05, 0.1) is 5.56 Å². The van der Waals surface area contributed by atoms with Crippen LogP contribution in [-0.2, 0) is 0 Å². The second kappa shape index (κ2) is 5.83. The molecule has 2 rings (SSSR count). The summed E-state index contributed by atoms with van der Waals surface area (Å²) in [4.78, 5) is 14.6. The van der Waals surface area contributed by atoms with Crippen LogP contribution in [0.2, 0.25) is 5.02 Å². The first-order valence-corrected chi connectivity index (χ1v) is 7.15. The van der Waals surface area contributed by atoms with Gasteiger partial charge in [0.1, 0.15) is 0 Å². The molecule has 2 unspecified atom stereocenters. The Kier molecular flexibility index (Phi) is 4.35. The second-order valence-electron chi connectivity index (χ2n) is 5.60. The molecule has 1 fully saturated rings. The number of benzene rings is 1. The fraction of sp³-hybridized carbons (Fsp3) is 0.533. The normalized spacial score (nSPS) is 23.3. The highest BCUT2D eigenvalue weighted by Gasteiger charge is 2.27. The van der Waals surface area contributed by atoms with Gasteiger partial charge in [-0.3, -0.25) is 4.79 Å². The van der Waals surface area contributed by atoms with Crippen LogP contribution < -0.4 is 5.32 Å². The van der Waals surface area contributed by atoms with Crippen LogP contribution in [0.1, 0.15) is 30.6 Å². The topological polar surface area (TPSA) is 32.3 Å². The molecule has 0 radical (unpaired) electrons. The van der Waals surface area contributed by atoms with Crippen LogP contribution in [0.4, 0.5) is 5.69 Å². The Labute approximate surface area is 119 Å². The van der Waals surface area contributed by atoms with E-state index in [2.05, 4.69) is 19.2 Å². The summed E-state index contributed by atoms with van der Waals surface area (Å²) in [5.74, 6) is 1.19. The minimum atomic E-state index is 0.0743. The van der Waals surface area contributed by atoms with Gasteiger partial charge >= 0.3 is 0 Å². The number of likely N-dealkylation sites (tertiary alicyclic amines) is 1. The number of hydrogen-bond donors (Lipinski definition) is 1. The average Bonchev–Trinajstić information content (AvgIpc) is 2.36. The Morgan fingerprint density at radius 1 is 1.32 bits per heavy atom. The Hall–Kier alpha value is -1.22. The molecule has 1 N–H and O–H groups in total. The van der Waals surface area contributed by atoms with Crippen molar-refractivity contribution < 1.29 is 4.79 Å². The van der Waals surface area contributed by atoms with Gasteiger partial charge in [0.15, 0.2) is 0 Å². The minimum absolute atomic E-state index is 0.0743. The molecule has 0 bridgehead atoms. The van der Waals surface area contributed by atoms with Crippen molar-refractivity contribution in [1.29, 1.82) is 0 Å². The number of carbonyl (C=O) groups is 1. The summed E-state index contributed by atoms with van der Waals surface area (Å²) in [6.45, 7) is 6.07. The first-order chi connectivity index (χ1) is 9.01. The Balaban J connectivity index is 2.26. The van der Waals surface area contributed by atoms with Gasteiger partial charge in [-0.1, -0.05) is 25.4 Å². The van der Waals surface area contributed by atoms with Crippen molar-refractivity contribution in [2.75, 3.05) is 25.5 Å². The van der Waals surface area contributed by atoms with Crippen LogP contribution >= 0.6 is 11.6 Å². The maximum Gasteiger partial charge on any atom is 0.256 e. The molecule has 1 amide bonds. The Bertz CT molecular complexity index is 465. The van der Waals surface area contributed by atoms with E-state index in [4.69, 9.17) is 11.6 Å². The van der Waals surface area contributed by atoms with Crippen molar-refractivity contribution in [1.82, 2.24) is 4.90 Å². The van der Waals surface area contributed by atoms with Gasteiger partial charge in [-0.05, 0) is 36.5 Å². The van der Waals surface area contributed by atoms with Crippen LogP contribution in [0.5, 0.6) is 0 Å². The number of nitrogens with one attached hydrogen (secondary N) is 1. The summed E-state index contributed by atoms with van der Waals surface area (Å²) in [6.07, 6.45) is 1.19. The van der Waals surface area contributed by atoms with E-state index in [1.165, 1.54) is 6.42 Å². The van der Waals surface area contributed by atoms with Crippen molar-refractivity contribution in [2.45, 2.75) is 20.3 Å². The summed E-state index contributed by atoms with van der Waals surface area (Å²) in [7, 11) is 1.82. The third kappa shape index (κ3) is 3.21. The van der Waals surface area contributed by atoms with Gasteiger partial charge in [-0.25, -0.2) is 0 Å². The predicted molar refractivity (Wildman–Crippen MR) is 79.8 cm³/mol. The first kappa shape index (κ1) is 14.2. The smallest absolute Gasteiger partial charge is 0.256 e. The van der Waals surface area contributed by atoms with Crippen LogP contribution in [0.15, 0.2) is 18.2 Å². The number of hydrogen-bond acceptors (Lipinski definition) is 2. The monoisotopic (exact) mass is 280 g/mol. The molecule has 1 aromatic carbocycles. The zero-order chi connectivity index (χ0) is 14.0. The van der Waals surface area contributed by atoms with Gasteiger partial charge in [0, 0.05) is 30.8 Å². The van der Waals surface area contributed by atoms with Gasteiger partial charge in [-0.2, -0.15) is 0 Å². The zero-order valence-electron chi connectivity index (χ0n) is 11.7. The summed E-state index contributed by atoms with van der Waals surface area (Å²) in [5.41, 5.74) is 1.50. The third-order valence-corrected chi connectivity index (χ3v) is 3.87. The van der Waals surface area contributed by atoms with Crippen LogP contribution in [0.3, 0.4) is 0 Å². The number of anilines is 1. The molecular weight excluding hydrogens is 260 g/mol. The van der Waals surface area contributed by atoms with Crippen LogP contribution in [0.25, 0.3) is 0 Å². The fourth-order valence-electron chi connectivity index (χ4n) is 2.91. The van der Waals surface area contributed by atoms with Crippen molar-refractivity contribution in [3.05, 3.63) is 28.8 Å². The molecule has 0 saturated carbocycles. The number of rotatable bonds is 2. The lowest BCUT2D eigenvalue weighted by Crippen LogP contribution is -2.42. The molecule has 3 nitrogen and oxygen atoms in total. The van der Waals surface area contributed by atoms with Crippen molar-refractivity contribution in [3.8, 4) is 0 Å². The van der Waals surface area contributed by atoms with Gasteiger partial charge < -0.3 is 10.2 Å². The quantitative estimate of drug-likeness (QED) is 0.899. The highest BCUT2D eigenvalue weighted by Crippen LogP contribution is 2.26. The predicted octanol–water partition coefficient (Wildman–Crippen LogP) is 3.50. The van der Waals surface area contributed by atoms with Gasteiger partial charge in [0.25, 0.3) is 5.91 Å². The van der Waals surface area contributed by atoms with E-state index in [9.17, 15) is 4.79 Å². The zero-order valence-corrected chi connectivity index (χ0v) is 12.5. The molecule has 1 saturated heterocycles. The molecule has 1 aromatic rings. The lowest BCUT2D eigenvalue weighted by Gasteiger charge is -2.35. The highest BCUT2D eigenvalue weighted by molar-refractivity contribution is 6.31. The Morgan fingerprint density at radius 2 is 1.95 bits per heavy atom. The maximum absolute atomic E-state index is 12.7. The summed E-state index contributed by atoms with van der Waals surface area (Å²) in [5, 5.41) is 3.66. The average molecular weight is 281 g/mol. The summed E-state index contributed by atoms with van der Waals surface area (Å²) >= 11 is 6.02. The fourth-order valence-corrected chi connectivity index (χ4v) is 3.08. The third-order valence-electron chi connectivity index (χ3n) is 3.64. The second-order valence-corrected chi connectivity index (χ2v) is 6.03. The number of carbonyl (C=O) groups excluding carboxylic acids is 1. The number of halogens is 1. The minimum Gasteiger partial charge on any atom is -0.387 e. The molecular formula is C15H21ClN2O. The van der Waals surface area contributed by atoms with Crippen molar-refractivity contribution in [2.24, 2.45) is 11.8 Å². The van der Waals surface area contributed by atoms with Crippen LogP contribution in [0, 0.1) is 11.8 Å². The largest absolute Gasteiger partial charge is 0.387 e. The standard InChI is InChI=1S/C15H21ClN2O/c1-10-6-11(2)9-18(8-10)15(19)13-7-12(16)4-5-14(13)17-3/h4-5,7,10-11,17H,6,8-9H2,1-3H3. The molecule has 2 atom stereocenters. The van der Waals surface area contributed by atoms with E-state index in [1.54, 1.807) is 12.1 Å². The number of amides is 1. The van der Waals surface area contributed by atoms with E-state index in [0.717, 1.165) is 18.8 Å². The van der Waals surface area contributed by atoms with Gasteiger partial charge in [-0.15, -0.1) is 0 Å². The molecule has 0 aliphatic carbocycles. The molecule has 1 heterocycles. The molecule has 0 aromatic heterocycles. The molecule has 1 aliphatic heterocycles. The van der Waals surface area contributed by atoms with Crippen molar-refractivity contribution >= 4 is 23.2 Å². The van der Waals surface area contributed by atoms with E-state index in [1.807, 2.05) is 18.0 Å². The summed E-state index contributed by atoms with van der Waals surface area (Å²) in [6, 6.07) is 5.40. The lowest BCUT2D eigenvalue weighted by molar-refractivity contribution is 0.0624. The van der Waals surface area contributed by atoms with E-state index < -0.39 is 0 Å². The number of piperidine rings is 1. The van der Waals surface area contributed by atoms with E-state index in [0.29, 0.717) is 22.4 Å². The SMILES string of the molecule is CNc1ccc(Cl)cc1C(=O)N1CC(C)CC(C)C1. The summed E-state index contributed by atoms with van der Waals surface area (Å²) < 4.78 is 0. The highest BCUT2D eigenvalue weighted by atomic mass is 35.5. The lowest BCUT2D eigenvalue weighted by atomic mass is 9.91. The molecule has 104 valence electrons. The van der Waals surface area contributed by atoms with E-state index in [-0.39, 0.29) is 5.91 Å². The first-order valence-electron chi connectivity index (χ1n) is 6.77.